The standard InChI is InChI=1S/C25H32NO.BrH/c1-19-15-26(16-20-9-5-3-6-10-20)17-24(23-14-13-22(19)25(23,26)2)27-18-21-11-7-4-8-12-21;/h3-12,19,22-24H,13-18H2,1-2H3;1H/q+1;/p-1/t19-,22+,23-,24-,25-,26-;/m1./s1. The van der Waals surface area contributed by atoms with Gasteiger partial charge in [0.1, 0.15) is 24.7 Å². The van der Waals surface area contributed by atoms with Crippen molar-refractivity contribution in [3.8, 4) is 0 Å². The lowest BCUT2D eigenvalue weighted by Crippen LogP contribution is -3.00. The van der Waals surface area contributed by atoms with Gasteiger partial charge in [0.15, 0.2) is 0 Å². The van der Waals surface area contributed by atoms with Crippen molar-refractivity contribution in [3.05, 3.63) is 71.8 Å². The van der Waals surface area contributed by atoms with Gasteiger partial charge in [-0.3, -0.25) is 0 Å². The largest absolute Gasteiger partial charge is 1.00 e. The minimum absolute atomic E-state index is 0. The zero-order valence-corrected chi connectivity index (χ0v) is 18.6. The molecular weight excluding hydrogens is 410 g/mol. The highest BCUT2D eigenvalue weighted by atomic mass is 79.9. The first-order chi connectivity index (χ1) is 13.1. The molecule has 2 aromatic rings. The van der Waals surface area contributed by atoms with E-state index in [0.29, 0.717) is 17.6 Å². The first-order valence-electron chi connectivity index (χ1n) is 10.7. The highest BCUT2D eigenvalue weighted by Crippen LogP contribution is 2.62. The lowest BCUT2D eigenvalue weighted by molar-refractivity contribution is -0.967. The van der Waals surface area contributed by atoms with Crippen LogP contribution in [0.4, 0.5) is 0 Å². The van der Waals surface area contributed by atoms with Gasteiger partial charge in [-0.1, -0.05) is 67.6 Å². The molecule has 2 saturated heterocycles. The Hall–Kier alpha value is -1.16. The number of hydrogen-bond donors (Lipinski definition) is 0. The fourth-order valence-corrected chi connectivity index (χ4v) is 7.14. The fourth-order valence-electron chi connectivity index (χ4n) is 7.14. The van der Waals surface area contributed by atoms with Gasteiger partial charge in [0, 0.05) is 23.3 Å². The normalized spacial score (nSPS) is 38.2. The maximum atomic E-state index is 6.60. The van der Waals surface area contributed by atoms with Crippen molar-refractivity contribution in [2.75, 3.05) is 13.1 Å². The van der Waals surface area contributed by atoms with Gasteiger partial charge in [-0.05, 0) is 25.3 Å². The smallest absolute Gasteiger partial charge is 0.116 e. The van der Waals surface area contributed by atoms with E-state index in [0.717, 1.165) is 18.4 Å². The van der Waals surface area contributed by atoms with E-state index in [-0.39, 0.29) is 17.0 Å². The number of hydrogen-bond acceptors (Lipinski definition) is 1. The molecule has 2 aromatic carbocycles. The molecule has 5 rings (SSSR count). The van der Waals surface area contributed by atoms with Crippen molar-refractivity contribution in [2.24, 2.45) is 17.8 Å². The molecule has 0 unspecified atom stereocenters. The maximum Gasteiger partial charge on any atom is 0.116 e. The summed E-state index contributed by atoms with van der Waals surface area (Å²) in [6, 6.07) is 21.8. The second-order valence-electron chi connectivity index (χ2n) is 9.48. The van der Waals surface area contributed by atoms with Crippen LogP contribution in [-0.2, 0) is 17.9 Å². The SMILES string of the molecule is C[C@@H]1C[N@@+]2(Cc3ccccc3)C[C@@H](OCc3ccccc3)[C@H]3CC[C@@H]1[C@]32C.[Br-]. The van der Waals surface area contributed by atoms with E-state index >= 15 is 0 Å². The van der Waals surface area contributed by atoms with Crippen molar-refractivity contribution in [1.82, 2.24) is 0 Å². The highest BCUT2D eigenvalue weighted by Gasteiger charge is 2.73. The molecular formula is C25H32BrNO. The molecule has 0 bridgehead atoms. The lowest BCUT2D eigenvalue weighted by atomic mass is 9.80. The van der Waals surface area contributed by atoms with E-state index in [2.05, 4.69) is 74.5 Å². The van der Waals surface area contributed by atoms with Gasteiger partial charge in [0.25, 0.3) is 0 Å². The van der Waals surface area contributed by atoms with Crippen molar-refractivity contribution < 1.29 is 26.2 Å². The van der Waals surface area contributed by atoms with Crippen molar-refractivity contribution in [3.63, 3.8) is 0 Å². The molecule has 3 heteroatoms. The number of rotatable bonds is 5. The van der Waals surface area contributed by atoms with Crippen LogP contribution in [0.3, 0.4) is 0 Å². The third kappa shape index (κ3) is 2.98. The zero-order chi connectivity index (χ0) is 18.5. The summed E-state index contributed by atoms with van der Waals surface area (Å²) < 4.78 is 7.85. The molecule has 0 amide bonds. The molecule has 0 radical (unpaired) electrons. The van der Waals surface area contributed by atoms with Crippen molar-refractivity contribution in [1.29, 1.82) is 0 Å². The van der Waals surface area contributed by atoms with Crippen LogP contribution >= 0.6 is 0 Å². The van der Waals surface area contributed by atoms with E-state index in [1.165, 1.54) is 48.1 Å². The van der Waals surface area contributed by atoms with Gasteiger partial charge in [-0.25, -0.2) is 0 Å². The van der Waals surface area contributed by atoms with E-state index in [1.807, 2.05) is 0 Å². The van der Waals surface area contributed by atoms with E-state index < -0.39 is 0 Å². The number of ether oxygens (including phenoxy) is 1. The summed E-state index contributed by atoms with van der Waals surface area (Å²) >= 11 is 0. The summed E-state index contributed by atoms with van der Waals surface area (Å²) in [5, 5.41) is 0. The Labute approximate surface area is 180 Å². The topological polar surface area (TPSA) is 9.23 Å². The molecule has 28 heavy (non-hydrogen) atoms. The first kappa shape index (κ1) is 20.1. The van der Waals surface area contributed by atoms with Gasteiger partial charge >= 0.3 is 0 Å². The Kier molecular flexibility index (Phi) is 5.45. The van der Waals surface area contributed by atoms with Gasteiger partial charge in [0.2, 0.25) is 0 Å². The van der Waals surface area contributed by atoms with Crippen LogP contribution in [0.15, 0.2) is 60.7 Å². The Bertz CT molecular complexity index is 797. The van der Waals surface area contributed by atoms with Gasteiger partial charge in [-0.15, -0.1) is 0 Å². The summed E-state index contributed by atoms with van der Waals surface area (Å²) in [5.74, 6) is 2.40. The Balaban J connectivity index is 0.00000192. The van der Waals surface area contributed by atoms with Crippen LogP contribution in [0.5, 0.6) is 0 Å². The number of quaternary nitrogens is 1. The summed E-state index contributed by atoms with van der Waals surface area (Å²) in [5.41, 5.74) is 3.17. The predicted molar refractivity (Wildman–Crippen MR) is 109 cm³/mol. The van der Waals surface area contributed by atoms with Crippen LogP contribution in [0, 0.1) is 17.8 Å². The molecule has 0 aromatic heterocycles. The molecule has 6 atom stereocenters. The fraction of sp³-hybridized carbons (Fsp3) is 0.520. The number of benzene rings is 2. The Morgan fingerprint density at radius 2 is 1.50 bits per heavy atom. The van der Waals surface area contributed by atoms with E-state index in [4.69, 9.17) is 4.74 Å². The maximum absolute atomic E-state index is 6.60. The van der Waals surface area contributed by atoms with Crippen LogP contribution < -0.4 is 17.0 Å². The van der Waals surface area contributed by atoms with E-state index in [9.17, 15) is 0 Å². The quantitative estimate of drug-likeness (QED) is 0.645. The number of halogens is 1. The number of nitrogens with zero attached hydrogens (tertiary/aromatic N) is 1. The summed E-state index contributed by atoms with van der Waals surface area (Å²) in [6.07, 6.45) is 3.14. The molecule has 2 aliphatic heterocycles. The molecule has 2 nitrogen and oxygen atoms in total. The van der Waals surface area contributed by atoms with Crippen molar-refractivity contribution >= 4 is 0 Å². The monoisotopic (exact) mass is 441 g/mol. The molecule has 0 spiro atoms. The minimum atomic E-state index is 0. The van der Waals surface area contributed by atoms with Gasteiger partial charge in [0.05, 0.1) is 13.2 Å². The third-order valence-corrected chi connectivity index (χ3v) is 8.25. The zero-order valence-electron chi connectivity index (χ0n) is 17.1. The van der Waals surface area contributed by atoms with E-state index in [1.54, 1.807) is 0 Å². The van der Waals surface area contributed by atoms with Crippen molar-refractivity contribution in [2.45, 2.75) is 51.5 Å². The summed E-state index contributed by atoms with van der Waals surface area (Å²) in [6.45, 7) is 9.53. The third-order valence-electron chi connectivity index (χ3n) is 8.25. The van der Waals surface area contributed by atoms with Crippen LogP contribution in [-0.4, -0.2) is 29.2 Å². The van der Waals surface area contributed by atoms with Crippen LogP contribution in [0.1, 0.15) is 37.8 Å². The molecule has 150 valence electrons. The second kappa shape index (κ2) is 7.59. The van der Waals surface area contributed by atoms with Crippen LogP contribution in [0.25, 0.3) is 0 Å². The molecule has 2 heterocycles. The Morgan fingerprint density at radius 1 is 0.893 bits per heavy atom. The summed E-state index contributed by atoms with van der Waals surface area (Å²) in [7, 11) is 0. The Morgan fingerprint density at radius 3 is 2.18 bits per heavy atom. The molecule has 0 N–H and O–H groups in total. The minimum Gasteiger partial charge on any atom is -1.00 e. The highest BCUT2D eigenvalue weighted by molar-refractivity contribution is 5.17. The molecule has 3 aliphatic rings. The van der Waals surface area contributed by atoms with Gasteiger partial charge < -0.3 is 26.2 Å². The predicted octanol–water partition coefficient (Wildman–Crippen LogP) is 2.04. The molecule has 1 aliphatic carbocycles. The van der Waals surface area contributed by atoms with Crippen LogP contribution in [0.2, 0.25) is 0 Å². The van der Waals surface area contributed by atoms with Gasteiger partial charge in [-0.2, -0.15) is 0 Å². The molecule has 3 fully saturated rings. The lowest BCUT2D eigenvalue weighted by Gasteiger charge is -2.43. The molecule has 1 saturated carbocycles. The average Bonchev–Trinajstić information content (AvgIpc) is 3.23. The average molecular weight is 442 g/mol. The summed E-state index contributed by atoms with van der Waals surface area (Å²) in [4.78, 5) is 0. The first-order valence-corrected chi connectivity index (χ1v) is 10.7. The second-order valence-corrected chi connectivity index (χ2v) is 9.48.